The van der Waals surface area contributed by atoms with Crippen molar-refractivity contribution in [3.8, 4) is 5.75 Å². The van der Waals surface area contributed by atoms with Gasteiger partial charge in [0.25, 0.3) is 0 Å². The number of methoxy groups -OCH3 is 2. The molecule has 0 aromatic heterocycles. The Bertz CT molecular complexity index is 328. The highest BCUT2D eigenvalue weighted by atomic mass is 35.5. The molecule has 1 N–H and O–H groups in total. The van der Waals surface area contributed by atoms with Crippen LogP contribution in [0.25, 0.3) is 0 Å². The van der Waals surface area contributed by atoms with Crippen molar-refractivity contribution in [2.45, 2.75) is 19.1 Å². The Kier molecular flexibility index (Phi) is 4.39. The second kappa shape index (κ2) is 5.35. The molecule has 0 radical (unpaired) electrons. The van der Waals surface area contributed by atoms with E-state index in [0.717, 1.165) is 5.56 Å². The Hall–Kier alpha value is -0.770. The van der Waals surface area contributed by atoms with Crippen LogP contribution in [-0.2, 0) is 4.74 Å². The van der Waals surface area contributed by atoms with Crippen LogP contribution < -0.4 is 4.74 Å². The summed E-state index contributed by atoms with van der Waals surface area (Å²) in [4.78, 5) is 0. The highest BCUT2D eigenvalue weighted by Gasteiger charge is 2.16. The van der Waals surface area contributed by atoms with Gasteiger partial charge >= 0.3 is 0 Å². The maximum absolute atomic E-state index is 9.88. The van der Waals surface area contributed by atoms with E-state index in [0.29, 0.717) is 10.8 Å². The Morgan fingerprint density at radius 1 is 1.33 bits per heavy atom. The molecule has 1 aromatic carbocycles. The number of ether oxygens (including phenoxy) is 2. The monoisotopic (exact) mass is 230 g/mol. The lowest BCUT2D eigenvalue weighted by atomic mass is 10.1. The van der Waals surface area contributed by atoms with Crippen LogP contribution in [0.15, 0.2) is 18.2 Å². The van der Waals surface area contributed by atoms with E-state index in [2.05, 4.69) is 0 Å². The number of rotatable bonds is 4. The molecule has 0 fully saturated rings. The van der Waals surface area contributed by atoms with Crippen LogP contribution >= 0.6 is 11.6 Å². The molecular weight excluding hydrogens is 216 g/mol. The van der Waals surface area contributed by atoms with Gasteiger partial charge in [-0.1, -0.05) is 17.7 Å². The minimum atomic E-state index is -0.679. The first-order valence-electron chi connectivity index (χ1n) is 4.64. The molecule has 15 heavy (non-hydrogen) atoms. The maximum atomic E-state index is 9.88. The molecule has 2 atom stereocenters. The Morgan fingerprint density at radius 2 is 2.00 bits per heavy atom. The quantitative estimate of drug-likeness (QED) is 0.864. The van der Waals surface area contributed by atoms with Gasteiger partial charge in [-0.3, -0.25) is 0 Å². The second-order valence-electron chi connectivity index (χ2n) is 3.28. The lowest BCUT2D eigenvalue weighted by molar-refractivity contribution is -0.00150. The van der Waals surface area contributed by atoms with Crippen molar-refractivity contribution >= 4 is 11.6 Å². The molecule has 0 aliphatic rings. The Balaban J connectivity index is 2.95. The lowest BCUT2D eigenvalue weighted by Gasteiger charge is -2.18. The summed E-state index contributed by atoms with van der Waals surface area (Å²) < 4.78 is 10.1. The molecule has 4 heteroatoms. The minimum absolute atomic E-state index is 0.268. The van der Waals surface area contributed by atoms with Crippen LogP contribution in [0.3, 0.4) is 0 Å². The summed E-state index contributed by atoms with van der Waals surface area (Å²) in [6.07, 6.45) is -0.947. The zero-order valence-electron chi connectivity index (χ0n) is 9.03. The van der Waals surface area contributed by atoms with E-state index in [1.807, 2.05) is 0 Å². The molecule has 0 heterocycles. The zero-order valence-corrected chi connectivity index (χ0v) is 9.78. The fourth-order valence-electron chi connectivity index (χ4n) is 1.26. The van der Waals surface area contributed by atoms with Gasteiger partial charge in [0.05, 0.1) is 18.2 Å². The van der Waals surface area contributed by atoms with Crippen molar-refractivity contribution < 1.29 is 14.6 Å². The summed E-state index contributed by atoms with van der Waals surface area (Å²) >= 11 is 5.88. The Morgan fingerprint density at radius 3 is 2.53 bits per heavy atom. The molecule has 0 amide bonds. The smallest absolute Gasteiger partial charge is 0.137 e. The first-order chi connectivity index (χ1) is 7.10. The van der Waals surface area contributed by atoms with Gasteiger partial charge in [0.2, 0.25) is 0 Å². The molecule has 1 aromatic rings. The molecule has 3 nitrogen and oxygen atoms in total. The van der Waals surface area contributed by atoms with Crippen LogP contribution in [0, 0.1) is 0 Å². The standard InChI is InChI=1S/C11H15ClO3/c1-7(14-2)11(13)8-4-5-9(12)10(6-8)15-3/h4-7,11,13H,1-3H3. The van der Waals surface area contributed by atoms with Crippen LogP contribution in [0.4, 0.5) is 0 Å². The van der Waals surface area contributed by atoms with E-state index in [1.165, 1.54) is 7.11 Å². The summed E-state index contributed by atoms with van der Waals surface area (Å²) in [6, 6.07) is 5.16. The van der Waals surface area contributed by atoms with Gasteiger partial charge in [0.1, 0.15) is 11.9 Å². The molecule has 2 unspecified atom stereocenters. The number of aliphatic hydroxyl groups is 1. The molecular formula is C11H15ClO3. The fourth-order valence-corrected chi connectivity index (χ4v) is 1.45. The SMILES string of the molecule is COc1cc(C(O)C(C)OC)ccc1Cl. The van der Waals surface area contributed by atoms with Crippen molar-refractivity contribution in [2.75, 3.05) is 14.2 Å². The minimum Gasteiger partial charge on any atom is -0.495 e. The van der Waals surface area contributed by atoms with E-state index in [1.54, 1.807) is 32.2 Å². The third-order valence-electron chi connectivity index (χ3n) is 2.33. The average Bonchev–Trinajstić information content (AvgIpc) is 2.27. The first-order valence-corrected chi connectivity index (χ1v) is 5.02. The highest BCUT2D eigenvalue weighted by Crippen LogP contribution is 2.29. The van der Waals surface area contributed by atoms with Gasteiger partial charge in [-0.2, -0.15) is 0 Å². The van der Waals surface area contributed by atoms with E-state index in [4.69, 9.17) is 21.1 Å². The first kappa shape index (κ1) is 12.3. The van der Waals surface area contributed by atoms with E-state index >= 15 is 0 Å². The summed E-state index contributed by atoms with van der Waals surface area (Å²) in [5, 5.41) is 10.4. The van der Waals surface area contributed by atoms with Crippen molar-refractivity contribution in [3.05, 3.63) is 28.8 Å². The van der Waals surface area contributed by atoms with Crippen LogP contribution in [0.5, 0.6) is 5.75 Å². The van der Waals surface area contributed by atoms with Gasteiger partial charge in [0, 0.05) is 7.11 Å². The van der Waals surface area contributed by atoms with E-state index < -0.39 is 6.10 Å². The molecule has 0 spiro atoms. The topological polar surface area (TPSA) is 38.7 Å². The van der Waals surface area contributed by atoms with Crippen molar-refractivity contribution in [1.29, 1.82) is 0 Å². The fraction of sp³-hybridized carbons (Fsp3) is 0.455. The predicted octanol–water partition coefficient (Wildman–Crippen LogP) is 2.42. The van der Waals surface area contributed by atoms with Gasteiger partial charge in [-0.15, -0.1) is 0 Å². The van der Waals surface area contributed by atoms with Crippen LogP contribution in [0.1, 0.15) is 18.6 Å². The molecule has 84 valence electrons. The summed E-state index contributed by atoms with van der Waals surface area (Å²) in [6.45, 7) is 1.80. The third-order valence-corrected chi connectivity index (χ3v) is 2.65. The van der Waals surface area contributed by atoms with Gasteiger partial charge < -0.3 is 14.6 Å². The van der Waals surface area contributed by atoms with Crippen LogP contribution in [0.2, 0.25) is 5.02 Å². The lowest BCUT2D eigenvalue weighted by Crippen LogP contribution is -2.16. The summed E-state index contributed by atoms with van der Waals surface area (Å²) in [7, 11) is 3.10. The Labute approximate surface area is 94.6 Å². The highest BCUT2D eigenvalue weighted by molar-refractivity contribution is 6.32. The van der Waals surface area contributed by atoms with Crippen molar-refractivity contribution in [2.24, 2.45) is 0 Å². The van der Waals surface area contributed by atoms with E-state index in [9.17, 15) is 5.11 Å². The number of benzene rings is 1. The van der Waals surface area contributed by atoms with Crippen molar-refractivity contribution in [1.82, 2.24) is 0 Å². The summed E-state index contributed by atoms with van der Waals surface area (Å²) in [5.41, 5.74) is 0.727. The molecule has 0 aliphatic carbocycles. The van der Waals surface area contributed by atoms with E-state index in [-0.39, 0.29) is 6.10 Å². The number of hydrogen-bond acceptors (Lipinski definition) is 3. The largest absolute Gasteiger partial charge is 0.495 e. The zero-order chi connectivity index (χ0) is 11.4. The number of hydrogen-bond donors (Lipinski definition) is 1. The molecule has 0 aliphatic heterocycles. The second-order valence-corrected chi connectivity index (χ2v) is 3.69. The van der Waals surface area contributed by atoms with Gasteiger partial charge in [0.15, 0.2) is 0 Å². The molecule has 0 bridgehead atoms. The number of aliphatic hydroxyl groups excluding tert-OH is 1. The van der Waals surface area contributed by atoms with Gasteiger partial charge in [-0.25, -0.2) is 0 Å². The number of halogens is 1. The summed E-state index contributed by atoms with van der Waals surface area (Å²) in [5.74, 6) is 0.552. The average molecular weight is 231 g/mol. The third kappa shape index (κ3) is 2.84. The van der Waals surface area contributed by atoms with Crippen LogP contribution in [-0.4, -0.2) is 25.4 Å². The van der Waals surface area contributed by atoms with Gasteiger partial charge in [-0.05, 0) is 24.6 Å². The predicted molar refractivity (Wildman–Crippen MR) is 59.4 cm³/mol. The molecule has 0 saturated heterocycles. The molecule has 0 saturated carbocycles. The molecule has 1 rings (SSSR count). The van der Waals surface area contributed by atoms with Crippen molar-refractivity contribution in [3.63, 3.8) is 0 Å². The normalized spacial score (nSPS) is 14.7. The maximum Gasteiger partial charge on any atom is 0.137 e.